The quantitative estimate of drug-likeness (QED) is 0.810. The van der Waals surface area contributed by atoms with Crippen molar-refractivity contribution in [1.29, 1.82) is 0 Å². The molecule has 1 atom stereocenters. The highest BCUT2D eigenvalue weighted by molar-refractivity contribution is 5.73. The molecular formula is C13H24N2O4. The summed E-state index contributed by atoms with van der Waals surface area (Å²) in [4.78, 5) is 24.2. The lowest BCUT2D eigenvalue weighted by molar-refractivity contribution is -0.139. The van der Waals surface area contributed by atoms with Crippen molar-refractivity contribution in [3.8, 4) is 0 Å². The van der Waals surface area contributed by atoms with Crippen molar-refractivity contribution >= 4 is 12.1 Å². The molecule has 0 aromatic carbocycles. The van der Waals surface area contributed by atoms with Gasteiger partial charge in [0.2, 0.25) is 0 Å². The van der Waals surface area contributed by atoms with Gasteiger partial charge < -0.3 is 20.5 Å². The molecule has 1 amide bonds. The van der Waals surface area contributed by atoms with Gasteiger partial charge in [0.05, 0.1) is 0 Å². The maximum atomic E-state index is 11.8. The molecule has 0 bridgehead atoms. The fourth-order valence-corrected chi connectivity index (χ4v) is 2.14. The van der Waals surface area contributed by atoms with Gasteiger partial charge in [-0.05, 0) is 46.0 Å². The number of carbonyl (C=O) groups excluding carboxylic acids is 1. The zero-order valence-electron chi connectivity index (χ0n) is 11.9. The van der Waals surface area contributed by atoms with E-state index in [-0.39, 0.29) is 12.0 Å². The van der Waals surface area contributed by atoms with E-state index < -0.39 is 17.6 Å². The molecule has 1 fully saturated rings. The Hall–Kier alpha value is -1.30. The van der Waals surface area contributed by atoms with Crippen LogP contribution in [0.2, 0.25) is 0 Å². The topological polar surface area (TPSA) is 92.9 Å². The first kappa shape index (κ1) is 15.8. The van der Waals surface area contributed by atoms with E-state index >= 15 is 0 Å². The molecule has 0 aromatic heterocycles. The van der Waals surface area contributed by atoms with E-state index in [1.807, 2.05) is 20.8 Å². The van der Waals surface area contributed by atoms with Crippen LogP contribution in [0.5, 0.6) is 0 Å². The minimum Gasteiger partial charge on any atom is -0.480 e. The molecule has 6 nitrogen and oxygen atoms in total. The van der Waals surface area contributed by atoms with E-state index in [0.29, 0.717) is 19.5 Å². The van der Waals surface area contributed by atoms with Crippen LogP contribution in [0.3, 0.4) is 0 Å². The lowest BCUT2D eigenvalue weighted by Gasteiger charge is -2.33. The number of likely N-dealkylation sites (tertiary alicyclic amines) is 1. The number of hydrogen-bond acceptors (Lipinski definition) is 4. The van der Waals surface area contributed by atoms with Gasteiger partial charge in [0.1, 0.15) is 11.6 Å². The highest BCUT2D eigenvalue weighted by Gasteiger charge is 2.28. The van der Waals surface area contributed by atoms with Gasteiger partial charge >= 0.3 is 12.1 Å². The lowest BCUT2D eigenvalue weighted by atomic mass is 9.90. The maximum absolute atomic E-state index is 11.8. The summed E-state index contributed by atoms with van der Waals surface area (Å²) in [6.07, 6.45) is 1.73. The number of amides is 1. The van der Waals surface area contributed by atoms with Gasteiger partial charge in [0.15, 0.2) is 0 Å². The molecule has 0 unspecified atom stereocenters. The van der Waals surface area contributed by atoms with Crippen molar-refractivity contribution in [3.63, 3.8) is 0 Å². The molecule has 19 heavy (non-hydrogen) atoms. The second-order valence-electron chi connectivity index (χ2n) is 6.09. The average Bonchev–Trinajstić information content (AvgIpc) is 2.27. The van der Waals surface area contributed by atoms with Crippen LogP contribution in [0.4, 0.5) is 4.79 Å². The predicted molar refractivity (Wildman–Crippen MR) is 70.8 cm³/mol. The highest BCUT2D eigenvalue weighted by Crippen LogP contribution is 2.23. The summed E-state index contributed by atoms with van der Waals surface area (Å²) in [5.41, 5.74) is 5.03. The number of ether oxygens (including phenoxy) is 1. The number of piperidine rings is 1. The number of rotatable bonds is 3. The van der Waals surface area contributed by atoms with Gasteiger partial charge in [-0.15, -0.1) is 0 Å². The number of carboxylic acid groups (broad SMARTS) is 1. The summed E-state index contributed by atoms with van der Waals surface area (Å²) < 4.78 is 5.30. The number of hydrogen-bond donors (Lipinski definition) is 2. The fourth-order valence-electron chi connectivity index (χ4n) is 2.14. The molecule has 0 radical (unpaired) electrons. The van der Waals surface area contributed by atoms with Crippen molar-refractivity contribution in [2.75, 3.05) is 13.1 Å². The van der Waals surface area contributed by atoms with E-state index in [0.717, 1.165) is 12.8 Å². The second-order valence-corrected chi connectivity index (χ2v) is 6.09. The number of aliphatic carboxylic acids is 1. The van der Waals surface area contributed by atoms with E-state index in [2.05, 4.69) is 0 Å². The third kappa shape index (κ3) is 5.46. The molecule has 0 spiro atoms. The van der Waals surface area contributed by atoms with Crippen molar-refractivity contribution in [3.05, 3.63) is 0 Å². The van der Waals surface area contributed by atoms with E-state index in [4.69, 9.17) is 15.6 Å². The first-order chi connectivity index (χ1) is 8.69. The summed E-state index contributed by atoms with van der Waals surface area (Å²) in [6, 6.07) is -0.807. The summed E-state index contributed by atoms with van der Waals surface area (Å²) in [5.74, 6) is -0.695. The van der Waals surface area contributed by atoms with Crippen LogP contribution in [-0.2, 0) is 9.53 Å². The minimum atomic E-state index is -0.963. The minimum absolute atomic E-state index is 0.268. The van der Waals surface area contributed by atoms with Crippen molar-refractivity contribution in [2.24, 2.45) is 11.7 Å². The van der Waals surface area contributed by atoms with Gasteiger partial charge in [-0.2, -0.15) is 0 Å². The van der Waals surface area contributed by atoms with Crippen LogP contribution in [0.25, 0.3) is 0 Å². The first-order valence-electron chi connectivity index (χ1n) is 6.65. The lowest BCUT2D eigenvalue weighted by Crippen LogP contribution is -2.43. The summed E-state index contributed by atoms with van der Waals surface area (Å²) in [7, 11) is 0. The van der Waals surface area contributed by atoms with Gasteiger partial charge in [-0.25, -0.2) is 4.79 Å². The molecule has 6 heteroatoms. The number of carboxylic acids is 1. The zero-order chi connectivity index (χ0) is 14.6. The largest absolute Gasteiger partial charge is 0.480 e. The zero-order valence-corrected chi connectivity index (χ0v) is 11.9. The van der Waals surface area contributed by atoms with Crippen LogP contribution in [-0.4, -0.2) is 46.8 Å². The molecule has 1 heterocycles. The Morgan fingerprint density at radius 1 is 1.37 bits per heavy atom. The molecule has 3 N–H and O–H groups in total. The molecule has 1 saturated heterocycles. The van der Waals surface area contributed by atoms with Gasteiger partial charge in [-0.3, -0.25) is 4.79 Å². The van der Waals surface area contributed by atoms with Crippen LogP contribution < -0.4 is 5.73 Å². The molecule has 1 aliphatic rings. The third-order valence-electron chi connectivity index (χ3n) is 3.17. The Labute approximate surface area is 113 Å². The Bertz CT molecular complexity index is 330. The number of carbonyl (C=O) groups is 2. The SMILES string of the molecule is CC(C)(C)OC(=O)N1CCC(C[C@H](N)C(=O)O)CC1. The van der Waals surface area contributed by atoms with E-state index in [1.165, 1.54) is 0 Å². The van der Waals surface area contributed by atoms with E-state index in [1.54, 1.807) is 4.90 Å². The smallest absolute Gasteiger partial charge is 0.410 e. The van der Waals surface area contributed by atoms with Crippen LogP contribution >= 0.6 is 0 Å². The van der Waals surface area contributed by atoms with Gasteiger partial charge in [-0.1, -0.05) is 0 Å². The van der Waals surface area contributed by atoms with E-state index in [9.17, 15) is 9.59 Å². The van der Waals surface area contributed by atoms with Crippen LogP contribution in [0, 0.1) is 5.92 Å². The normalized spacial score (nSPS) is 19.1. The second kappa shape index (κ2) is 6.23. The molecule has 1 aliphatic heterocycles. The summed E-state index contributed by atoms with van der Waals surface area (Å²) >= 11 is 0. The Morgan fingerprint density at radius 3 is 2.32 bits per heavy atom. The molecule has 0 saturated carbocycles. The monoisotopic (exact) mass is 272 g/mol. The van der Waals surface area contributed by atoms with Gasteiger partial charge in [0, 0.05) is 13.1 Å². The number of nitrogens with two attached hydrogens (primary N) is 1. The average molecular weight is 272 g/mol. The van der Waals surface area contributed by atoms with Crippen LogP contribution in [0.1, 0.15) is 40.0 Å². The predicted octanol–water partition coefficient (Wildman–Crippen LogP) is 1.44. The Balaban J connectivity index is 2.36. The Morgan fingerprint density at radius 2 is 1.89 bits per heavy atom. The summed E-state index contributed by atoms with van der Waals surface area (Å²) in [5, 5.41) is 8.77. The third-order valence-corrected chi connectivity index (χ3v) is 3.17. The molecule has 110 valence electrons. The number of nitrogens with zero attached hydrogens (tertiary/aromatic N) is 1. The van der Waals surface area contributed by atoms with Gasteiger partial charge in [0.25, 0.3) is 0 Å². The maximum Gasteiger partial charge on any atom is 0.410 e. The van der Waals surface area contributed by atoms with Crippen LogP contribution in [0.15, 0.2) is 0 Å². The Kier molecular flexibility index (Phi) is 5.17. The molecular weight excluding hydrogens is 248 g/mol. The summed E-state index contributed by atoms with van der Waals surface area (Å²) in [6.45, 7) is 6.72. The first-order valence-corrected chi connectivity index (χ1v) is 6.65. The highest BCUT2D eigenvalue weighted by atomic mass is 16.6. The molecule has 0 aromatic rings. The fraction of sp³-hybridized carbons (Fsp3) is 0.846. The van der Waals surface area contributed by atoms with Crippen molar-refractivity contribution in [1.82, 2.24) is 4.90 Å². The van der Waals surface area contributed by atoms with Crippen molar-refractivity contribution < 1.29 is 19.4 Å². The van der Waals surface area contributed by atoms with Crippen molar-refractivity contribution in [2.45, 2.75) is 51.7 Å². The molecule has 0 aliphatic carbocycles. The molecule has 1 rings (SSSR count). The standard InChI is InChI=1S/C13H24N2O4/c1-13(2,3)19-12(18)15-6-4-9(5-7-15)8-10(14)11(16)17/h9-10H,4-8,14H2,1-3H3,(H,16,17)/t10-/m0/s1.